The first kappa shape index (κ1) is 11.2. The van der Waals surface area contributed by atoms with Crippen molar-refractivity contribution in [1.29, 1.82) is 0 Å². The summed E-state index contributed by atoms with van der Waals surface area (Å²) in [5.74, 6) is 0.440. The number of benzene rings is 2. The third kappa shape index (κ3) is 1.24. The minimum Gasteiger partial charge on any atom is -0.496 e. The standard InChI is InChI=1S/C17H10O3/c1-20-15-8-14(19)11-6-5-10-13(18)7-3-9-2-4-12(15)17(11)16(9)10/h2-8H,1H3. The van der Waals surface area contributed by atoms with E-state index >= 15 is 0 Å². The predicted octanol–water partition coefficient (Wildman–Crippen LogP) is 3.23. The first-order valence-corrected chi connectivity index (χ1v) is 6.33. The Labute approximate surface area is 115 Å². The Bertz CT molecular complexity index is 869. The van der Waals surface area contributed by atoms with Crippen molar-refractivity contribution < 1.29 is 14.3 Å². The molecule has 0 fully saturated rings. The number of hydrogen-bond donors (Lipinski definition) is 0. The Kier molecular flexibility index (Phi) is 2.05. The summed E-state index contributed by atoms with van der Waals surface area (Å²) >= 11 is 0. The molecule has 2 aliphatic rings. The molecule has 2 aliphatic carbocycles. The number of carbonyl (C=O) groups excluding carboxylic acids is 2. The lowest BCUT2D eigenvalue weighted by molar-refractivity contribution is 0.103. The van der Waals surface area contributed by atoms with Crippen LogP contribution in [0.15, 0.2) is 36.4 Å². The minimum absolute atomic E-state index is 0.0258. The van der Waals surface area contributed by atoms with E-state index in [1.165, 1.54) is 6.08 Å². The smallest absolute Gasteiger partial charge is 0.190 e. The van der Waals surface area contributed by atoms with Crippen LogP contribution in [0.1, 0.15) is 31.8 Å². The Morgan fingerprint density at radius 2 is 1.50 bits per heavy atom. The molecule has 4 rings (SSSR count). The minimum atomic E-state index is -0.0833. The molecule has 96 valence electrons. The molecule has 0 heterocycles. The number of allylic oxidation sites excluding steroid dienone is 2. The molecule has 2 aromatic carbocycles. The monoisotopic (exact) mass is 262 g/mol. The zero-order valence-electron chi connectivity index (χ0n) is 10.8. The summed E-state index contributed by atoms with van der Waals surface area (Å²) in [4.78, 5) is 24.2. The average Bonchev–Trinajstić information content (AvgIpc) is 2.48. The molecule has 0 aliphatic heterocycles. The molecule has 0 unspecified atom stereocenters. The average molecular weight is 262 g/mol. The van der Waals surface area contributed by atoms with Gasteiger partial charge in [0, 0.05) is 33.5 Å². The molecule has 0 saturated heterocycles. The quantitative estimate of drug-likeness (QED) is 0.792. The number of ether oxygens (including phenoxy) is 1. The molecule has 20 heavy (non-hydrogen) atoms. The molecule has 0 atom stereocenters. The van der Waals surface area contributed by atoms with Crippen LogP contribution < -0.4 is 0 Å². The zero-order chi connectivity index (χ0) is 13.9. The van der Waals surface area contributed by atoms with Crippen molar-refractivity contribution in [1.82, 2.24) is 0 Å². The van der Waals surface area contributed by atoms with Crippen LogP contribution in [0.3, 0.4) is 0 Å². The Morgan fingerprint density at radius 3 is 2.25 bits per heavy atom. The fourth-order valence-corrected chi connectivity index (χ4v) is 2.98. The third-order valence-corrected chi connectivity index (χ3v) is 3.89. The van der Waals surface area contributed by atoms with Gasteiger partial charge < -0.3 is 4.74 Å². The van der Waals surface area contributed by atoms with Crippen molar-refractivity contribution in [2.75, 3.05) is 7.11 Å². The lowest BCUT2D eigenvalue weighted by Gasteiger charge is -2.21. The van der Waals surface area contributed by atoms with Crippen LogP contribution in [0, 0.1) is 0 Å². The van der Waals surface area contributed by atoms with Gasteiger partial charge in [-0.25, -0.2) is 0 Å². The maximum atomic E-state index is 12.2. The van der Waals surface area contributed by atoms with Gasteiger partial charge in [-0.3, -0.25) is 9.59 Å². The van der Waals surface area contributed by atoms with Gasteiger partial charge in [-0.15, -0.1) is 0 Å². The molecule has 0 saturated carbocycles. The second-order valence-electron chi connectivity index (χ2n) is 4.89. The second-order valence-corrected chi connectivity index (χ2v) is 4.89. The van der Waals surface area contributed by atoms with Gasteiger partial charge in [0.05, 0.1) is 7.11 Å². The molecular formula is C17H10O3. The van der Waals surface area contributed by atoms with Crippen LogP contribution >= 0.6 is 0 Å². The van der Waals surface area contributed by atoms with Gasteiger partial charge >= 0.3 is 0 Å². The van der Waals surface area contributed by atoms with Crippen molar-refractivity contribution in [3.63, 3.8) is 0 Å². The van der Waals surface area contributed by atoms with Crippen LogP contribution in [0.2, 0.25) is 0 Å². The Hall–Kier alpha value is -2.68. The van der Waals surface area contributed by atoms with Crippen molar-refractivity contribution in [3.8, 4) is 0 Å². The van der Waals surface area contributed by atoms with Crippen molar-refractivity contribution in [3.05, 3.63) is 58.7 Å². The van der Waals surface area contributed by atoms with Crippen LogP contribution in [0.4, 0.5) is 0 Å². The summed E-state index contributed by atoms with van der Waals surface area (Å²) in [6, 6.07) is 7.36. The molecule has 3 heteroatoms. The van der Waals surface area contributed by atoms with Crippen molar-refractivity contribution in [2.45, 2.75) is 0 Å². The van der Waals surface area contributed by atoms with Gasteiger partial charge in [0.1, 0.15) is 5.76 Å². The summed E-state index contributed by atoms with van der Waals surface area (Å²) < 4.78 is 5.30. The highest BCUT2D eigenvalue weighted by atomic mass is 16.5. The lowest BCUT2D eigenvalue weighted by Crippen LogP contribution is -2.11. The summed E-state index contributed by atoms with van der Waals surface area (Å²) in [7, 11) is 1.55. The van der Waals surface area contributed by atoms with E-state index < -0.39 is 0 Å². The third-order valence-electron chi connectivity index (χ3n) is 3.89. The molecule has 3 nitrogen and oxygen atoms in total. The van der Waals surface area contributed by atoms with E-state index in [-0.39, 0.29) is 11.6 Å². The Morgan fingerprint density at radius 1 is 0.800 bits per heavy atom. The number of rotatable bonds is 1. The fraction of sp³-hybridized carbons (Fsp3) is 0.0588. The first-order chi connectivity index (χ1) is 9.70. The molecule has 0 radical (unpaired) electrons. The van der Waals surface area contributed by atoms with E-state index in [4.69, 9.17) is 4.74 Å². The summed E-state index contributed by atoms with van der Waals surface area (Å²) in [6.45, 7) is 0. The van der Waals surface area contributed by atoms with Crippen LogP contribution in [-0.4, -0.2) is 18.7 Å². The zero-order valence-corrected chi connectivity index (χ0v) is 10.8. The molecule has 2 aromatic rings. The highest BCUT2D eigenvalue weighted by Crippen LogP contribution is 2.38. The van der Waals surface area contributed by atoms with Crippen molar-refractivity contribution in [2.24, 2.45) is 0 Å². The van der Waals surface area contributed by atoms with Crippen LogP contribution in [-0.2, 0) is 4.74 Å². The van der Waals surface area contributed by atoms with Gasteiger partial charge in [0.15, 0.2) is 11.6 Å². The van der Waals surface area contributed by atoms with E-state index in [0.717, 1.165) is 21.9 Å². The van der Waals surface area contributed by atoms with Gasteiger partial charge in [0.2, 0.25) is 0 Å². The normalized spacial score (nSPS) is 15.6. The van der Waals surface area contributed by atoms with E-state index in [9.17, 15) is 9.59 Å². The molecule has 0 N–H and O–H groups in total. The SMILES string of the molecule is COC1=CC(=O)c2ccc3c4c(ccc1c24)C=CC3=O. The maximum absolute atomic E-state index is 12.2. The maximum Gasteiger partial charge on any atom is 0.190 e. The molecule has 0 bridgehead atoms. The summed E-state index contributed by atoms with van der Waals surface area (Å²) in [6.07, 6.45) is 4.87. The van der Waals surface area contributed by atoms with E-state index in [1.807, 2.05) is 12.1 Å². The topological polar surface area (TPSA) is 43.4 Å². The molecule has 0 aromatic heterocycles. The van der Waals surface area contributed by atoms with E-state index in [0.29, 0.717) is 16.9 Å². The highest BCUT2D eigenvalue weighted by Gasteiger charge is 2.25. The molecule has 0 spiro atoms. The van der Waals surface area contributed by atoms with E-state index in [2.05, 4.69) is 0 Å². The summed E-state index contributed by atoms with van der Waals surface area (Å²) in [5, 5.41) is 1.67. The van der Waals surface area contributed by atoms with Crippen LogP contribution in [0.5, 0.6) is 0 Å². The van der Waals surface area contributed by atoms with Crippen LogP contribution in [0.25, 0.3) is 22.6 Å². The second kappa shape index (κ2) is 3.67. The van der Waals surface area contributed by atoms with Gasteiger partial charge in [-0.1, -0.05) is 12.1 Å². The van der Waals surface area contributed by atoms with Gasteiger partial charge in [-0.05, 0) is 29.8 Å². The fourth-order valence-electron chi connectivity index (χ4n) is 2.98. The molecule has 0 amide bonds. The van der Waals surface area contributed by atoms with E-state index in [1.54, 1.807) is 31.4 Å². The number of ketones is 2. The van der Waals surface area contributed by atoms with Gasteiger partial charge in [-0.2, -0.15) is 0 Å². The Balaban J connectivity index is 2.25. The largest absolute Gasteiger partial charge is 0.496 e. The van der Waals surface area contributed by atoms with Gasteiger partial charge in [0.25, 0.3) is 0 Å². The number of methoxy groups -OCH3 is 1. The molecular weight excluding hydrogens is 252 g/mol. The number of hydrogen-bond acceptors (Lipinski definition) is 3. The highest BCUT2D eigenvalue weighted by molar-refractivity contribution is 6.28. The first-order valence-electron chi connectivity index (χ1n) is 6.33. The van der Waals surface area contributed by atoms with Crippen molar-refractivity contribution >= 4 is 34.2 Å². The number of carbonyl (C=O) groups is 2. The summed E-state index contributed by atoms with van der Waals surface area (Å²) in [5.41, 5.74) is 3.11. The lowest BCUT2D eigenvalue weighted by atomic mass is 9.84. The predicted molar refractivity (Wildman–Crippen MR) is 76.6 cm³/mol.